The van der Waals surface area contributed by atoms with E-state index in [2.05, 4.69) is 11.4 Å². The van der Waals surface area contributed by atoms with Crippen molar-refractivity contribution < 1.29 is 22.7 Å². The monoisotopic (exact) mass is 516 g/mol. The van der Waals surface area contributed by atoms with Crippen LogP contribution in [0.5, 0.6) is 0 Å². The molecule has 2 aliphatic rings. The van der Waals surface area contributed by atoms with Gasteiger partial charge in [0.1, 0.15) is 11.1 Å². The van der Waals surface area contributed by atoms with Gasteiger partial charge in [0.2, 0.25) is 10.0 Å². The Bertz CT molecular complexity index is 1240. The van der Waals surface area contributed by atoms with Crippen LogP contribution in [-0.4, -0.2) is 55.9 Å². The molecule has 0 saturated carbocycles. The number of anilines is 1. The van der Waals surface area contributed by atoms with E-state index in [1.54, 1.807) is 11.8 Å². The molecule has 0 atom stereocenters. The number of rotatable bonds is 5. The van der Waals surface area contributed by atoms with E-state index >= 15 is 0 Å². The molecule has 11 heteroatoms. The number of carbonyl (C=O) groups is 2. The van der Waals surface area contributed by atoms with E-state index in [9.17, 15) is 23.3 Å². The number of benzene rings is 1. The first kappa shape index (κ1) is 25.2. The molecule has 186 valence electrons. The van der Waals surface area contributed by atoms with Gasteiger partial charge in [0.05, 0.1) is 23.6 Å². The van der Waals surface area contributed by atoms with Gasteiger partial charge in [-0.05, 0) is 56.0 Å². The fourth-order valence-electron chi connectivity index (χ4n) is 4.37. The van der Waals surface area contributed by atoms with Crippen LogP contribution in [0.15, 0.2) is 29.2 Å². The van der Waals surface area contributed by atoms with Crippen LogP contribution >= 0.6 is 11.3 Å². The molecule has 0 aliphatic carbocycles. The highest BCUT2D eigenvalue weighted by molar-refractivity contribution is 7.89. The average Bonchev–Trinajstić information content (AvgIpc) is 3.00. The predicted molar refractivity (Wildman–Crippen MR) is 132 cm³/mol. The van der Waals surface area contributed by atoms with E-state index in [4.69, 9.17) is 4.74 Å². The third kappa shape index (κ3) is 5.34. The van der Waals surface area contributed by atoms with Crippen molar-refractivity contribution in [2.75, 3.05) is 31.6 Å². The summed E-state index contributed by atoms with van der Waals surface area (Å²) < 4.78 is 32.5. The van der Waals surface area contributed by atoms with Crippen LogP contribution in [0.3, 0.4) is 0 Å². The number of nitrogens with zero attached hydrogens (tertiary/aromatic N) is 3. The maximum absolute atomic E-state index is 13.0. The van der Waals surface area contributed by atoms with Gasteiger partial charge in [0.15, 0.2) is 0 Å². The summed E-state index contributed by atoms with van der Waals surface area (Å²) in [5.41, 5.74) is 1.54. The largest absolute Gasteiger partial charge is 0.450 e. The van der Waals surface area contributed by atoms with E-state index in [0.29, 0.717) is 48.7 Å². The molecule has 9 nitrogen and oxygen atoms in total. The molecule has 0 spiro atoms. The number of hydrogen-bond acceptors (Lipinski definition) is 7. The molecule has 1 N–H and O–H groups in total. The Labute approximate surface area is 209 Å². The molecule has 3 heterocycles. The maximum Gasteiger partial charge on any atom is 0.410 e. The minimum atomic E-state index is -3.60. The summed E-state index contributed by atoms with van der Waals surface area (Å²) in [5, 5.41) is 12.9. The lowest BCUT2D eigenvalue weighted by Crippen LogP contribution is -2.35. The number of thiophene rings is 1. The Morgan fingerprint density at radius 2 is 1.80 bits per heavy atom. The molecule has 0 radical (unpaired) electrons. The Balaban J connectivity index is 1.49. The molecular formula is C24H28N4O5S2. The van der Waals surface area contributed by atoms with Gasteiger partial charge in [-0.1, -0.05) is 12.8 Å². The van der Waals surface area contributed by atoms with Gasteiger partial charge >= 0.3 is 6.09 Å². The molecule has 0 bridgehead atoms. The first-order chi connectivity index (χ1) is 16.8. The molecule has 2 amide bonds. The van der Waals surface area contributed by atoms with Gasteiger partial charge in [-0.3, -0.25) is 4.79 Å². The molecule has 35 heavy (non-hydrogen) atoms. The number of sulfonamides is 1. The van der Waals surface area contributed by atoms with Crippen molar-refractivity contribution in [3.63, 3.8) is 0 Å². The van der Waals surface area contributed by atoms with Gasteiger partial charge in [0.25, 0.3) is 5.91 Å². The Kier molecular flexibility index (Phi) is 7.74. The highest BCUT2D eigenvalue weighted by Gasteiger charge is 2.29. The van der Waals surface area contributed by atoms with Crippen LogP contribution in [-0.2, 0) is 27.7 Å². The lowest BCUT2D eigenvalue weighted by molar-refractivity contribution is 0.102. The molecular weight excluding hydrogens is 488 g/mol. The normalized spacial score (nSPS) is 16.6. The predicted octanol–water partition coefficient (Wildman–Crippen LogP) is 3.95. The van der Waals surface area contributed by atoms with Crippen molar-refractivity contribution in [2.45, 2.75) is 50.5 Å². The number of fused-ring (bicyclic) bond motifs is 1. The van der Waals surface area contributed by atoms with Crippen molar-refractivity contribution in [2.24, 2.45) is 0 Å². The minimum Gasteiger partial charge on any atom is -0.450 e. The first-order valence-electron chi connectivity index (χ1n) is 11.7. The molecule has 2 aliphatic heterocycles. The topological polar surface area (TPSA) is 120 Å². The van der Waals surface area contributed by atoms with E-state index < -0.39 is 22.0 Å². The highest BCUT2D eigenvalue weighted by atomic mass is 32.2. The fourth-order valence-corrected chi connectivity index (χ4v) is 7.09. The van der Waals surface area contributed by atoms with Gasteiger partial charge in [-0.2, -0.15) is 9.57 Å². The molecule has 0 unspecified atom stereocenters. The zero-order chi connectivity index (χ0) is 25.0. The van der Waals surface area contributed by atoms with Crippen LogP contribution < -0.4 is 5.32 Å². The van der Waals surface area contributed by atoms with Crippen molar-refractivity contribution in [1.82, 2.24) is 9.21 Å². The fraction of sp³-hybridized carbons (Fsp3) is 0.458. The summed E-state index contributed by atoms with van der Waals surface area (Å²) in [5.74, 6) is -0.430. The van der Waals surface area contributed by atoms with Gasteiger partial charge in [0, 0.05) is 30.1 Å². The van der Waals surface area contributed by atoms with Crippen molar-refractivity contribution in [3.8, 4) is 6.07 Å². The Morgan fingerprint density at radius 1 is 1.11 bits per heavy atom. The maximum atomic E-state index is 13.0. The lowest BCUT2D eigenvalue weighted by atomic mass is 10.0. The van der Waals surface area contributed by atoms with Crippen LogP contribution in [0.1, 0.15) is 59.0 Å². The molecule has 1 saturated heterocycles. The van der Waals surface area contributed by atoms with Crippen LogP contribution in [0.25, 0.3) is 0 Å². The molecule has 1 aromatic carbocycles. The van der Waals surface area contributed by atoms with E-state index in [1.807, 2.05) is 0 Å². The van der Waals surface area contributed by atoms with Gasteiger partial charge in [-0.25, -0.2) is 13.2 Å². The lowest BCUT2D eigenvalue weighted by Gasteiger charge is -2.25. The third-order valence-corrected chi connectivity index (χ3v) is 9.29. The summed E-state index contributed by atoms with van der Waals surface area (Å²) in [6.07, 6.45) is 3.87. The van der Waals surface area contributed by atoms with Crippen LogP contribution in [0, 0.1) is 11.3 Å². The van der Waals surface area contributed by atoms with E-state index in [1.165, 1.54) is 39.9 Å². The summed E-state index contributed by atoms with van der Waals surface area (Å²) in [6, 6.07) is 8.06. The highest BCUT2D eigenvalue weighted by Crippen LogP contribution is 2.37. The second-order valence-electron chi connectivity index (χ2n) is 8.49. The van der Waals surface area contributed by atoms with E-state index in [-0.39, 0.29) is 11.5 Å². The number of nitriles is 1. The van der Waals surface area contributed by atoms with Crippen molar-refractivity contribution >= 4 is 38.4 Å². The average molecular weight is 517 g/mol. The number of nitrogens with one attached hydrogen (secondary N) is 1. The van der Waals surface area contributed by atoms with Crippen LogP contribution in [0.2, 0.25) is 0 Å². The van der Waals surface area contributed by atoms with Gasteiger partial charge in [-0.15, -0.1) is 11.3 Å². The number of carbonyl (C=O) groups excluding carboxylic acids is 2. The number of ether oxygens (including phenoxy) is 1. The summed E-state index contributed by atoms with van der Waals surface area (Å²) in [6.45, 7) is 3.83. The standard InChI is InChI=1S/C24H28N4O5S2/c1-2-33-24(30)27-14-11-19-20(15-25)23(34-21(19)16-27)26-22(29)17-7-9-18(10-8-17)35(31,32)28-12-5-3-4-6-13-28/h7-10H,2-6,11-14,16H2,1H3,(H,26,29). The molecule has 4 rings (SSSR count). The zero-order valence-corrected chi connectivity index (χ0v) is 21.2. The number of hydrogen-bond donors (Lipinski definition) is 1. The molecule has 1 fully saturated rings. The van der Waals surface area contributed by atoms with Crippen molar-refractivity contribution in [3.05, 3.63) is 45.8 Å². The van der Waals surface area contributed by atoms with Gasteiger partial charge < -0.3 is 15.0 Å². The minimum absolute atomic E-state index is 0.166. The summed E-state index contributed by atoms with van der Waals surface area (Å²) >= 11 is 1.27. The quantitative estimate of drug-likeness (QED) is 0.643. The smallest absolute Gasteiger partial charge is 0.410 e. The Morgan fingerprint density at radius 3 is 2.43 bits per heavy atom. The van der Waals surface area contributed by atoms with Crippen molar-refractivity contribution in [1.29, 1.82) is 5.26 Å². The Hall–Kier alpha value is -2.94. The summed E-state index contributed by atoms with van der Waals surface area (Å²) in [4.78, 5) is 27.6. The third-order valence-electron chi connectivity index (χ3n) is 6.24. The first-order valence-corrected chi connectivity index (χ1v) is 14.0. The zero-order valence-electron chi connectivity index (χ0n) is 19.6. The summed E-state index contributed by atoms with van der Waals surface area (Å²) in [7, 11) is -3.60. The SMILES string of the molecule is CCOC(=O)N1CCc2c(sc(NC(=O)c3ccc(S(=O)(=O)N4CCCCCC4)cc3)c2C#N)C1. The molecule has 2 aromatic rings. The molecule has 1 aromatic heterocycles. The van der Waals surface area contributed by atoms with E-state index in [0.717, 1.165) is 36.1 Å². The second kappa shape index (κ2) is 10.8. The second-order valence-corrected chi connectivity index (χ2v) is 11.5. The number of amides is 2. The van der Waals surface area contributed by atoms with Crippen LogP contribution in [0.4, 0.5) is 9.80 Å².